The van der Waals surface area contributed by atoms with Gasteiger partial charge in [-0.2, -0.15) is 0 Å². The van der Waals surface area contributed by atoms with Gasteiger partial charge in [0, 0.05) is 42.7 Å². The molecule has 4 rings (SSSR count). The minimum atomic E-state index is -0.695. The number of allylic oxidation sites excluding steroid dienone is 2. The molecule has 44 heavy (non-hydrogen) atoms. The molecule has 1 N–H and O–H groups in total. The molecular formula is C35H43N4O5+. The van der Waals surface area contributed by atoms with Crippen LogP contribution < -0.4 is 14.8 Å². The van der Waals surface area contributed by atoms with E-state index in [9.17, 15) is 14.4 Å². The first-order chi connectivity index (χ1) is 20.7. The zero-order valence-electron chi connectivity index (χ0n) is 26.7. The van der Waals surface area contributed by atoms with Gasteiger partial charge in [0.05, 0.1) is 5.39 Å². The first kappa shape index (κ1) is 32.3. The number of amides is 2. The van der Waals surface area contributed by atoms with Crippen LogP contribution in [-0.2, 0) is 26.1 Å². The third kappa shape index (κ3) is 8.69. The molecule has 0 bridgehead atoms. The highest BCUT2D eigenvalue weighted by Gasteiger charge is 2.26. The van der Waals surface area contributed by atoms with E-state index in [1.807, 2.05) is 60.6 Å². The average Bonchev–Trinajstić information content (AvgIpc) is 2.93. The lowest BCUT2D eigenvalue weighted by atomic mass is 9.96. The molecule has 232 valence electrons. The Bertz CT molecular complexity index is 1600. The van der Waals surface area contributed by atoms with Gasteiger partial charge in [-0.1, -0.05) is 30.3 Å². The van der Waals surface area contributed by atoms with E-state index in [-0.39, 0.29) is 32.1 Å². The number of aryl methyl sites for hydroxylation is 1. The highest BCUT2D eigenvalue weighted by molar-refractivity contribution is 6.00. The number of alkyl carbamates (subject to hydrolysis) is 1. The lowest BCUT2D eigenvalue weighted by molar-refractivity contribution is -0.644. The smallest absolute Gasteiger partial charge is 0.407 e. The van der Waals surface area contributed by atoms with Gasteiger partial charge in [0.25, 0.3) is 0 Å². The summed E-state index contributed by atoms with van der Waals surface area (Å²) in [6.45, 7) is 10.6. The van der Waals surface area contributed by atoms with E-state index >= 15 is 0 Å². The fourth-order valence-corrected chi connectivity index (χ4v) is 4.93. The first-order valence-corrected chi connectivity index (χ1v) is 14.8. The van der Waals surface area contributed by atoms with Crippen molar-refractivity contribution in [3.8, 4) is 0 Å². The molecule has 0 radical (unpaired) electrons. The Morgan fingerprint density at radius 1 is 0.932 bits per heavy atom. The average molecular weight is 600 g/mol. The van der Waals surface area contributed by atoms with Gasteiger partial charge in [-0.25, -0.2) is 9.36 Å². The Morgan fingerprint density at radius 2 is 1.61 bits per heavy atom. The molecule has 0 fully saturated rings. The van der Waals surface area contributed by atoms with Crippen molar-refractivity contribution in [2.45, 2.75) is 52.7 Å². The van der Waals surface area contributed by atoms with Crippen LogP contribution in [0.3, 0.4) is 0 Å². The molecule has 0 saturated carbocycles. The standard InChI is InChI=1S/C35H42N4O5/c1-34(2,3)43-32(41)24-39(21-18-36-33(42)44-35(4,5)6)31(40)23-38-20-17-26(28-13-9-11-15-30(28)38)22-25-16-19-37(7)29-14-10-8-12-27(25)29/h8-17,19-20,22H,18,21,23-24H2,1-7H3/p+1. The molecule has 1 aromatic heterocycles. The summed E-state index contributed by atoms with van der Waals surface area (Å²) in [5, 5.41) is 3.81. The van der Waals surface area contributed by atoms with Crippen molar-refractivity contribution < 1.29 is 28.4 Å². The number of benzene rings is 2. The summed E-state index contributed by atoms with van der Waals surface area (Å²) < 4.78 is 12.9. The van der Waals surface area contributed by atoms with E-state index in [1.165, 1.54) is 4.90 Å². The van der Waals surface area contributed by atoms with Gasteiger partial charge in [-0.15, -0.1) is 0 Å². The topological polar surface area (TPSA) is 92.1 Å². The summed E-state index contributed by atoms with van der Waals surface area (Å²) in [4.78, 5) is 41.8. The van der Waals surface area contributed by atoms with Crippen LogP contribution in [0.4, 0.5) is 10.5 Å². The van der Waals surface area contributed by atoms with E-state index in [4.69, 9.17) is 9.47 Å². The Balaban J connectivity index is 1.55. The van der Waals surface area contributed by atoms with Crippen LogP contribution in [-0.4, -0.2) is 60.3 Å². The fourth-order valence-electron chi connectivity index (χ4n) is 4.93. The van der Waals surface area contributed by atoms with E-state index in [0.29, 0.717) is 0 Å². The second kappa shape index (κ2) is 13.3. The Hall–Kier alpha value is -4.66. The van der Waals surface area contributed by atoms with Gasteiger partial charge >= 0.3 is 12.1 Å². The molecule has 2 heterocycles. The SMILES string of the molecule is C[n+]1ccc(/C=C2/C=CN(CC(=O)N(CCNC(=O)OC(C)(C)C)CC(=O)OC(C)(C)C)c3ccccc32)c2ccccc21. The predicted octanol–water partition coefficient (Wildman–Crippen LogP) is 5.23. The van der Waals surface area contributed by atoms with Crippen molar-refractivity contribution in [2.24, 2.45) is 7.05 Å². The van der Waals surface area contributed by atoms with E-state index in [0.717, 1.165) is 33.3 Å². The van der Waals surface area contributed by atoms with Crippen molar-refractivity contribution >= 4 is 46.2 Å². The second-order valence-corrected chi connectivity index (χ2v) is 12.8. The van der Waals surface area contributed by atoms with E-state index in [2.05, 4.69) is 40.4 Å². The van der Waals surface area contributed by atoms with E-state index < -0.39 is 23.3 Å². The molecule has 0 atom stereocenters. The van der Waals surface area contributed by atoms with Crippen LogP contribution in [0.2, 0.25) is 0 Å². The zero-order chi connectivity index (χ0) is 32.1. The van der Waals surface area contributed by atoms with Crippen LogP contribution in [0.15, 0.2) is 73.1 Å². The number of hydrogen-bond acceptors (Lipinski definition) is 6. The van der Waals surface area contributed by atoms with Gasteiger partial charge in [0.1, 0.15) is 31.3 Å². The number of aromatic nitrogens is 1. The van der Waals surface area contributed by atoms with Gasteiger partial charge in [-0.3, -0.25) is 9.59 Å². The van der Waals surface area contributed by atoms with Crippen molar-refractivity contribution in [3.63, 3.8) is 0 Å². The fraction of sp³-hybridized carbons (Fsp3) is 0.371. The summed E-state index contributed by atoms with van der Waals surface area (Å²) in [5.41, 5.74) is 3.78. The molecule has 0 unspecified atom stereocenters. The quantitative estimate of drug-likeness (QED) is 0.282. The molecule has 0 saturated heterocycles. The Kier molecular flexibility index (Phi) is 9.77. The monoisotopic (exact) mass is 599 g/mol. The number of hydrogen-bond donors (Lipinski definition) is 1. The number of rotatable bonds is 8. The third-order valence-electron chi connectivity index (χ3n) is 6.79. The molecule has 1 aliphatic heterocycles. The Morgan fingerprint density at radius 3 is 2.34 bits per heavy atom. The molecule has 2 aromatic carbocycles. The minimum Gasteiger partial charge on any atom is -0.459 e. The highest BCUT2D eigenvalue weighted by Crippen LogP contribution is 2.34. The van der Waals surface area contributed by atoms with Crippen molar-refractivity contribution in [1.82, 2.24) is 10.2 Å². The van der Waals surface area contributed by atoms with Crippen molar-refractivity contribution in [1.29, 1.82) is 0 Å². The third-order valence-corrected chi connectivity index (χ3v) is 6.79. The zero-order valence-corrected chi connectivity index (χ0v) is 26.7. The summed E-state index contributed by atoms with van der Waals surface area (Å²) in [7, 11) is 2.03. The summed E-state index contributed by atoms with van der Waals surface area (Å²) >= 11 is 0. The molecule has 3 aromatic rings. The largest absolute Gasteiger partial charge is 0.459 e. The van der Waals surface area contributed by atoms with Crippen LogP contribution in [0.25, 0.3) is 22.6 Å². The Labute approximate surface area is 259 Å². The van der Waals surface area contributed by atoms with Gasteiger partial charge in [-0.05, 0) is 77.0 Å². The number of fused-ring (bicyclic) bond motifs is 2. The maximum absolute atomic E-state index is 13.7. The number of nitrogens with one attached hydrogen (secondary N) is 1. The minimum absolute atomic E-state index is 0.000130. The maximum Gasteiger partial charge on any atom is 0.407 e. The molecule has 2 amide bonds. The first-order valence-electron chi connectivity index (χ1n) is 14.8. The second-order valence-electron chi connectivity index (χ2n) is 12.8. The lowest BCUT2D eigenvalue weighted by Gasteiger charge is -2.30. The molecule has 0 aliphatic carbocycles. The molecular weight excluding hydrogens is 556 g/mol. The number of pyridine rings is 1. The lowest BCUT2D eigenvalue weighted by Crippen LogP contribution is -2.46. The number of esters is 1. The summed E-state index contributed by atoms with van der Waals surface area (Å²) in [6.07, 6.45) is 7.51. The number of nitrogens with zero attached hydrogens (tertiary/aromatic N) is 3. The van der Waals surface area contributed by atoms with Gasteiger partial charge < -0.3 is 24.6 Å². The molecule has 1 aliphatic rings. The number of carbonyl (C=O) groups excluding carboxylic acids is 3. The predicted molar refractivity (Wildman–Crippen MR) is 173 cm³/mol. The molecule has 9 heteroatoms. The molecule has 0 spiro atoms. The number of ether oxygens (including phenoxy) is 2. The van der Waals surface area contributed by atoms with Crippen LogP contribution in [0.1, 0.15) is 52.7 Å². The highest BCUT2D eigenvalue weighted by atomic mass is 16.6. The van der Waals surface area contributed by atoms with Gasteiger partial charge in [0.15, 0.2) is 6.20 Å². The van der Waals surface area contributed by atoms with Crippen LogP contribution in [0, 0.1) is 0 Å². The van der Waals surface area contributed by atoms with Crippen molar-refractivity contribution in [2.75, 3.05) is 31.1 Å². The summed E-state index contributed by atoms with van der Waals surface area (Å²) in [5.74, 6) is -0.804. The number of anilines is 1. The normalized spacial score (nSPS) is 13.9. The summed E-state index contributed by atoms with van der Waals surface area (Å²) in [6, 6.07) is 18.3. The number of carbonyl (C=O) groups is 3. The van der Waals surface area contributed by atoms with Gasteiger partial charge in [0.2, 0.25) is 11.4 Å². The van der Waals surface area contributed by atoms with Crippen molar-refractivity contribution in [3.05, 3.63) is 84.2 Å². The van der Waals surface area contributed by atoms with Crippen LogP contribution >= 0.6 is 0 Å². The van der Waals surface area contributed by atoms with Crippen LogP contribution in [0.5, 0.6) is 0 Å². The maximum atomic E-state index is 13.7. The molecule has 9 nitrogen and oxygen atoms in total. The van der Waals surface area contributed by atoms with E-state index in [1.54, 1.807) is 41.5 Å². The number of para-hydroxylation sites is 2.